The fraction of sp³-hybridized carbons (Fsp3) is 0.286. The highest BCUT2D eigenvalue weighted by Gasteiger charge is 2.21. The Labute approximate surface area is 188 Å². The van der Waals surface area contributed by atoms with E-state index in [9.17, 15) is 4.79 Å². The van der Waals surface area contributed by atoms with Crippen LogP contribution in [0.15, 0.2) is 77.6 Å². The van der Waals surface area contributed by atoms with Gasteiger partial charge in [-0.15, -0.1) is 0 Å². The zero-order valence-electron chi connectivity index (χ0n) is 18.4. The van der Waals surface area contributed by atoms with Gasteiger partial charge in [0.15, 0.2) is 0 Å². The minimum atomic E-state index is -0.120. The highest BCUT2D eigenvalue weighted by Crippen LogP contribution is 2.40. The molecule has 1 unspecified atom stereocenters. The summed E-state index contributed by atoms with van der Waals surface area (Å²) in [4.78, 5) is 20.3. The van der Waals surface area contributed by atoms with Crippen molar-refractivity contribution in [2.75, 3.05) is 0 Å². The summed E-state index contributed by atoms with van der Waals surface area (Å²) in [6.45, 7) is 2.06. The van der Waals surface area contributed by atoms with Gasteiger partial charge in [-0.25, -0.2) is 4.98 Å². The molecule has 1 N–H and O–H groups in total. The highest BCUT2D eigenvalue weighted by molar-refractivity contribution is 5.77. The molecule has 0 spiro atoms. The first-order valence-electron chi connectivity index (χ1n) is 11.6. The highest BCUT2D eigenvalue weighted by atomic mass is 16.5. The Morgan fingerprint density at radius 1 is 0.875 bits per heavy atom. The predicted molar refractivity (Wildman–Crippen MR) is 129 cm³/mol. The van der Waals surface area contributed by atoms with E-state index < -0.39 is 0 Å². The van der Waals surface area contributed by atoms with Crippen molar-refractivity contribution in [1.29, 1.82) is 0 Å². The average Bonchev–Trinajstić information content (AvgIpc) is 2.85. The van der Waals surface area contributed by atoms with Gasteiger partial charge in [-0.1, -0.05) is 74.7 Å². The van der Waals surface area contributed by atoms with E-state index >= 15 is 0 Å². The molecular weight excluding hydrogens is 396 g/mol. The van der Waals surface area contributed by atoms with Crippen LogP contribution in [0.1, 0.15) is 67.8 Å². The number of nitrogens with zero attached hydrogens (tertiary/aromatic N) is 1. The minimum absolute atomic E-state index is 0.113. The van der Waals surface area contributed by atoms with Crippen LogP contribution in [0.2, 0.25) is 0 Å². The molecule has 0 radical (unpaired) electrons. The normalized spacial score (nSPS) is 15.5. The van der Waals surface area contributed by atoms with Gasteiger partial charge in [0.05, 0.1) is 10.9 Å². The Balaban J connectivity index is 1.50. The smallest absolute Gasteiger partial charge is 0.258 e. The van der Waals surface area contributed by atoms with E-state index in [0.29, 0.717) is 22.6 Å². The summed E-state index contributed by atoms with van der Waals surface area (Å²) in [7, 11) is 0. The van der Waals surface area contributed by atoms with E-state index in [1.165, 1.54) is 37.7 Å². The third-order valence-electron chi connectivity index (χ3n) is 6.61. The van der Waals surface area contributed by atoms with Crippen molar-refractivity contribution in [3.8, 4) is 11.5 Å². The fourth-order valence-electron chi connectivity index (χ4n) is 4.83. The second-order valence-electron chi connectivity index (χ2n) is 8.70. The van der Waals surface area contributed by atoms with Crippen LogP contribution >= 0.6 is 0 Å². The summed E-state index contributed by atoms with van der Waals surface area (Å²) in [5.74, 6) is 2.82. The van der Waals surface area contributed by atoms with Crippen LogP contribution in [0, 0.1) is 0 Å². The largest absolute Gasteiger partial charge is 0.457 e. The topological polar surface area (TPSA) is 55.0 Å². The monoisotopic (exact) mass is 424 g/mol. The van der Waals surface area contributed by atoms with Gasteiger partial charge < -0.3 is 9.72 Å². The molecule has 1 aliphatic carbocycles. The van der Waals surface area contributed by atoms with Crippen molar-refractivity contribution in [3.63, 3.8) is 0 Å². The van der Waals surface area contributed by atoms with E-state index in [0.717, 1.165) is 17.1 Å². The van der Waals surface area contributed by atoms with Crippen LogP contribution in [0.3, 0.4) is 0 Å². The number of rotatable bonds is 5. The lowest BCUT2D eigenvalue weighted by atomic mass is 9.84. The molecule has 1 aromatic heterocycles. The molecule has 1 fully saturated rings. The van der Waals surface area contributed by atoms with E-state index in [2.05, 4.69) is 36.2 Å². The molecule has 32 heavy (non-hydrogen) atoms. The molecule has 4 nitrogen and oxygen atoms in total. The van der Waals surface area contributed by atoms with Gasteiger partial charge in [0.25, 0.3) is 5.56 Å². The number of hydrogen-bond acceptors (Lipinski definition) is 3. The Morgan fingerprint density at radius 3 is 2.41 bits per heavy atom. The first-order valence-corrected chi connectivity index (χ1v) is 11.6. The van der Waals surface area contributed by atoms with Crippen molar-refractivity contribution in [3.05, 3.63) is 100 Å². The maximum absolute atomic E-state index is 12.6. The molecule has 1 saturated carbocycles. The lowest BCUT2D eigenvalue weighted by Gasteiger charge is -2.25. The van der Waals surface area contributed by atoms with Crippen molar-refractivity contribution in [2.45, 2.75) is 50.9 Å². The SMILES string of the molecule is CC(c1nc2ccccc2c(=O)[nH]1)c1ccccc1Oc1ccccc1C1CCCCC1. The third-order valence-corrected chi connectivity index (χ3v) is 6.61. The van der Waals surface area contributed by atoms with Gasteiger partial charge >= 0.3 is 0 Å². The van der Waals surface area contributed by atoms with Crippen LogP contribution in [0.5, 0.6) is 11.5 Å². The van der Waals surface area contributed by atoms with Crippen LogP contribution in [0.4, 0.5) is 0 Å². The van der Waals surface area contributed by atoms with Crippen molar-refractivity contribution < 1.29 is 4.74 Å². The second kappa shape index (κ2) is 8.99. The molecule has 0 bridgehead atoms. The number of aromatic nitrogens is 2. The molecule has 162 valence electrons. The molecular formula is C28H28N2O2. The molecule has 4 heteroatoms. The van der Waals surface area contributed by atoms with E-state index in [1.54, 1.807) is 6.07 Å². The maximum Gasteiger partial charge on any atom is 0.258 e. The van der Waals surface area contributed by atoms with Crippen LogP contribution in [0.25, 0.3) is 10.9 Å². The van der Waals surface area contributed by atoms with Crippen LogP contribution in [-0.4, -0.2) is 9.97 Å². The summed E-state index contributed by atoms with van der Waals surface area (Å²) in [5.41, 5.74) is 2.90. The number of benzene rings is 3. The first-order chi connectivity index (χ1) is 15.7. The van der Waals surface area contributed by atoms with Crippen molar-refractivity contribution in [2.24, 2.45) is 0 Å². The van der Waals surface area contributed by atoms with E-state index in [4.69, 9.17) is 9.72 Å². The quantitative estimate of drug-likeness (QED) is 0.378. The second-order valence-corrected chi connectivity index (χ2v) is 8.70. The number of nitrogens with one attached hydrogen (secondary N) is 1. The lowest BCUT2D eigenvalue weighted by Crippen LogP contribution is -2.14. The van der Waals surface area contributed by atoms with E-state index in [1.807, 2.05) is 42.5 Å². The Morgan fingerprint density at radius 2 is 1.56 bits per heavy atom. The number of hydrogen-bond donors (Lipinski definition) is 1. The van der Waals surface area contributed by atoms with Crippen LogP contribution in [-0.2, 0) is 0 Å². The van der Waals surface area contributed by atoms with Crippen molar-refractivity contribution in [1.82, 2.24) is 9.97 Å². The number of ether oxygens (including phenoxy) is 1. The zero-order chi connectivity index (χ0) is 21.9. The summed E-state index contributed by atoms with van der Waals surface area (Å²) in [6.07, 6.45) is 6.35. The minimum Gasteiger partial charge on any atom is -0.457 e. The summed E-state index contributed by atoms with van der Waals surface area (Å²) in [6, 6.07) is 23.9. The molecule has 1 aliphatic rings. The predicted octanol–water partition coefficient (Wildman–Crippen LogP) is 6.91. The summed E-state index contributed by atoms with van der Waals surface area (Å²) >= 11 is 0. The van der Waals surface area contributed by atoms with Gasteiger partial charge in [-0.3, -0.25) is 4.79 Å². The Hall–Kier alpha value is -3.40. The number of H-pyrrole nitrogens is 1. The van der Waals surface area contributed by atoms with Gasteiger partial charge in [0, 0.05) is 11.5 Å². The Bertz CT molecular complexity index is 1290. The number of fused-ring (bicyclic) bond motifs is 1. The Kier molecular flexibility index (Phi) is 5.76. The molecule has 1 heterocycles. The summed E-state index contributed by atoms with van der Waals surface area (Å²) in [5, 5.41) is 0.606. The maximum atomic E-state index is 12.6. The standard InChI is InChI=1S/C28H28N2O2/c1-19(27-29-24-16-8-5-15-23(24)28(31)30-27)21-13-6-9-17-25(21)32-26-18-10-7-14-22(26)20-11-3-2-4-12-20/h5-10,13-20H,2-4,11-12H2,1H3,(H,29,30,31). The fourth-order valence-corrected chi connectivity index (χ4v) is 4.83. The molecule has 4 aromatic rings. The lowest BCUT2D eigenvalue weighted by molar-refractivity contribution is 0.416. The first kappa shape index (κ1) is 20.5. The molecule has 5 rings (SSSR count). The van der Waals surface area contributed by atoms with Gasteiger partial charge in [-0.2, -0.15) is 0 Å². The van der Waals surface area contributed by atoms with Crippen LogP contribution < -0.4 is 10.3 Å². The molecule has 0 amide bonds. The molecule has 0 saturated heterocycles. The molecule has 0 aliphatic heterocycles. The van der Waals surface area contributed by atoms with Gasteiger partial charge in [-0.05, 0) is 48.6 Å². The van der Waals surface area contributed by atoms with Gasteiger partial charge in [0.1, 0.15) is 17.3 Å². The number of aromatic amines is 1. The summed E-state index contributed by atoms with van der Waals surface area (Å²) < 4.78 is 6.53. The average molecular weight is 425 g/mol. The van der Waals surface area contributed by atoms with Gasteiger partial charge in [0.2, 0.25) is 0 Å². The third kappa shape index (κ3) is 4.05. The molecule has 3 aromatic carbocycles. The molecule has 1 atom stereocenters. The van der Waals surface area contributed by atoms with E-state index in [-0.39, 0.29) is 11.5 Å². The zero-order valence-corrected chi connectivity index (χ0v) is 18.4. The van der Waals surface area contributed by atoms with Crippen molar-refractivity contribution >= 4 is 10.9 Å². The number of para-hydroxylation sites is 3.